The van der Waals surface area contributed by atoms with Gasteiger partial charge in [-0.3, -0.25) is 9.59 Å². The van der Waals surface area contributed by atoms with E-state index in [0.717, 1.165) is 25.7 Å². The summed E-state index contributed by atoms with van der Waals surface area (Å²) >= 11 is 0. The highest BCUT2D eigenvalue weighted by molar-refractivity contribution is 5.88. The lowest BCUT2D eigenvalue weighted by Crippen LogP contribution is -2.46. The predicted octanol–water partition coefficient (Wildman–Crippen LogP) is 2.36. The number of benzene rings is 1. The maximum Gasteiger partial charge on any atom is 0.306 e. The Balaban J connectivity index is 1.53. The van der Waals surface area contributed by atoms with Gasteiger partial charge in [-0.25, -0.2) is 0 Å². The number of carbonyl (C=O) groups excluding carboxylic acids is 1. The fourth-order valence-electron chi connectivity index (χ4n) is 3.00. The van der Waals surface area contributed by atoms with Crippen LogP contribution < -0.4 is 10.1 Å². The van der Waals surface area contributed by atoms with Gasteiger partial charge in [0.25, 0.3) is 5.91 Å². The van der Waals surface area contributed by atoms with Crippen molar-refractivity contribution in [1.82, 2.24) is 5.32 Å². The van der Waals surface area contributed by atoms with E-state index in [2.05, 4.69) is 5.32 Å². The molecule has 5 heteroatoms. The molecule has 2 aliphatic rings. The zero-order valence-electron chi connectivity index (χ0n) is 12.5. The van der Waals surface area contributed by atoms with Crippen LogP contribution in [0.1, 0.15) is 38.5 Å². The third kappa shape index (κ3) is 3.24. The van der Waals surface area contributed by atoms with Crippen molar-refractivity contribution in [1.29, 1.82) is 0 Å². The summed E-state index contributed by atoms with van der Waals surface area (Å²) in [6.45, 7) is 0. The van der Waals surface area contributed by atoms with E-state index in [1.807, 2.05) is 30.3 Å². The van der Waals surface area contributed by atoms with Crippen molar-refractivity contribution in [3.63, 3.8) is 0 Å². The normalized spacial score (nSPS) is 26.0. The molecular formula is C17H21NO4. The van der Waals surface area contributed by atoms with Crippen molar-refractivity contribution in [2.75, 3.05) is 0 Å². The van der Waals surface area contributed by atoms with Gasteiger partial charge in [-0.1, -0.05) is 18.2 Å². The van der Waals surface area contributed by atoms with Crippen molar-refractivity contribution < 1.29 is 19.4 Å². The number of nitrogens with one attached hydrogen (secondary N) is 1. The number of carboxylic acids is 1. The number of rotatable bonds is 5. The first-order chi connectivity index (χ1) is 10.6. The molecule has 0 saturated heterocycles. The third-order valence-corrected chi connectivity index (χ3v) is 4.59. The van der Waals surface area contributed by atoms with E-state index in [9.17, 15) is 9.59 Å². The summed E-state index contributed by atoms with van der Waals surface area (Å²) in [7, 11) is 0. The second-order valence-electron chi connectivity index (χ2n) is 6.27. The average Bonchev–Trinajstić information content (AvgIpc) is 3.30. The van der Waals surface area contributed by atoms with E-state index in [-0.39, 0.29) is 17.9 Å². The van der Waals surface area contributed by atoms with Crippen LogP contribution in [-0.4, -0.2) is 28.6 Å². The Labute approximate surface area is 129 Å². The molecule has 0 atom stereocenters. The molecule has 0 aliphatic heterocycles. The van der Waals surface area contributed by atoms with Gasteiger partial charge in [-0.15, -0.1) is 0 Å². The van der Waals surface area contributed by atoms with Crippen LogP contribution in [0.4, 0.5) is 0 Å². The van der Waals surface area contributed by atoms with Gasteiger partial charge in [0.2, 0.25) is 0 Å². The van der Waals surface area contributed by atoms with Crippen LogP contribution in [-0.2, 0) is 9.59 Å². The third-order valence-electron chi connectivity index (χ3n) is 4.59. The Kier molecular flexibility index (Phi) is 4.05. The van der Waals surface area contributed by atoms with Gasteiger partial charge in [-0.05, 0) is 37.8 Å². The number of hydrogen-bond acceptors (Lipinski definition) is 3. The largest absolute Gasteiger partial charge is 0.481 e. The highest BCUT2D eigenvalue weighted by Crippen LogP contribution is 2.41. The molecule has 118 valence electrons. The lowest BCUT2D eigenvalue weighted by molar-refractivity contribution is -0.142. The number of ether oxygens (including phenoxy) is 1. The van der Waals surface area contributed by atoms with Crippen LogP contribution in [0.5, 0.6) is 5.75 Å². The van der Waals surface area contributed by atoms with E-state index >= 15 is 0 Å². The molecule has 0 unspecified atom stereocenters. The van der Waals surface area contributed by atoms with Gasteiger partial charge in [0.05, 0.1) is 5.92 Å². The molecule has 1 amide bonds. The van der Waals surface area contributed by atoms with Crippen LogP contribution >= 0.6 is 0 Å². The van der Waals surface area contributed by atoms with Crippen molar-refractivity contribution >= 4 is 11.9 Å². The minimum absolute atomic E-state index is 0.0601. The summed E-state index contributed by atoms with van der Waals surface area (Å²) in [5, 5.41) is 12.0. The van der Waals surface area contributed by atoms with E-state index in [4.69, 9.17) is 9.84 Å². The number of hydrogen-bond donors (Lipinski definition) is 2. The summed E-state index contributed by atoms with van der Waals surface area (Å²) < 4.78 is 5.87. The van der Waals surface area contributed by atoms with Crippen LogP contribution in [0.2, 0.25) is 0 Å². The predicted molar refractivity (Wildman–Crippen MR) is 80.6 cm³/mol. The average molecular weight is 303 g/mol. The van der Waals surface area contributed by atoms with Crippen LogP contribution in [0.25, 0.3) is 0 Å². The Bertz CT molecular complexity index is 545. The summed E-state index contributed by atoms with van der Waals surface area (Å²) in [5.74, 6) is -0.334. The minimum atomic E-state index is -0.726. The second-order valence-corrected chi connectivity index (χ2v) is 6.27. The molecule has 1 aromatic rings. The molecule has 0 bridgehead atoms. The zero-order chi connectivity index (χ0) is 15.6. The van der Waals surface area contributed by atoms with E-state index < -0.39 is 11.6 Å². The Morgan fingerprint density at radius 3 is 2.27 bits per heavy atom. The molecular weight excluding hydrogens is 282 g/mol. The van der Waals surface area contributed by atoms with E-state index in [1.165, 1.54) is 0 Å². The SMILES string of the molecule is O=C(O)C1CCC(NC(=O)C2(Oc3ccccc3)CC2)CC1. The number of carboxylic acid groups (broad SMARTS) is 1. The van der Waals surface area contributed by atoms with E-state index in [1.54, 1.807) is 0 Å². The fraction of sp³-hybridized carbons (Fsp3) is 0.529. The fourth-order valence-corrected chi connectivity index (χ4v) is 3.00. The first kappa shape index (κ1) is 14.9. The highest BCUT2D eigenvalue weighted by Gasteiger charge is 2.53. The quantitative estimate of drug-likeness (QED) is 0.875. The molecule has 2 N–H and O–H groups in total. The van der Waals surface area contributed by atoms with Crippen LogP contribution in [0.15, 0.2) is 30.3 Å². The Morgan fingerprint density at radius 2 is 1.73 bits per heavy atom. The standard InChI is InChI=1S/C17H21NO4/c19-15(20)12-6-8-13(9-7-12)18-16(21)17(10-11-17)22-14-4-2-1-3-5-14/h1-5,12-13H,6-11H2,(H,18,21)(H,19,20). The molecule has 2 aliphatic carbocycles. The van der Waals surface area contributed by atoms with Gasteiger partial charge >= 0.3 is 5.97 Å². The molecule has 1 aromatic carbocycles. The van der Waals surface area contributed by atoms with Crippen LogP contribution in [0, 0.1) is 5.92 Å². The second kappa shape index (κ2) is 5.99. The molecule has 22 heavy (non-hydrogen) atoms. The molecule has 0 heterocycles. The van der Waals surface area contributed by atoms with Gasteiger partial charge in [-0.2, -0.15) is 0 Å². The molecule has 2 fully saturated rings. The smallest absolute Gasteiger partial charge is 0.306 e. The first-order valence-electron chi connectivity index (χ1n) is 7.87. The summed E-state index contributed by atoms with van der Waals surface area (Å²) in [5.41, 5.74) is -0.717. The molecule has 2 saturated carbocycles. The lowest BCUT2D eigenvalue weighted by atomic mass is 9.86. The summed E-state index contributed by atoms with van der Waals surface area (Å²) in [6.07, 6.45) is 4.18. The number of amides is 1. The molecule has 3 rings (SSSR count). The van der Waals surface area contributed by atoms with Crippen LogP contribution in [0.3, 0.4) is 0 Å². The number of para-hydroxylation sites is 1. The Hall–Kier alpha value is -2.04. The zero-order valence-corrected chi connectivity index (χ0v) is 12.5. The monoisotopic (exact) mass is 303 g/mol. The van der Waals surface area contributed by atoms with E-state index in [0.29, 0.717) is 18.6 Å². The molecule has 0 radical (unpaired) electrons. The topological polar surface area (TPSA) is 75.6 Å². The van der Waals surface area contributed by atoms with Crippen molar-refractivity contribution in [2.24, 2.45) is 5.92 Å². The van der Waals surface area contributed by atoms with Gasteiger partial charge in [0, 0.05) is 18.9 Å². The van der Waals surface area contributed by atoms with Crippen molar-refractivity contribution in [2.45, 2.75) is 50.2 Å². The van der Waals surface area contributed by atoms with Crippen molar-refractivity contribution in [3.05, 3.63) is 30.3 Å². The lowest BCUT2D eigenvalue weighted by Gasteiger charge is -2.28. The van der Waals surface area contributed by atoms with Gasteiger partial charge in [0.15, 0.2) is 5.60 Å². The number of carbonyl (C=O) groups is 2. The molecule has 5 nitrogen and oxygen atoms in total. The minimum Gasteiger partial charge on any atom is -0.481 e. The molecule has 0 spiro atoms. The van der Waals surface area contributed by atoms with Gasteiger partial charge in [0.1, 0.15) is 5.75 Å². The first-order valence-corrected chi connectivity index (χ1v) is 7.87. The maximum absolute atomic E-state index is 12.5. The Morgan fingerprint density at radius 1 is 1.09 bits per heavy atom. The maximum atomic E-state index is 12.5. The highest BCUT2D eigenvalue weighted by atomic mass is 16.5. The summed E-state index contributed by atoms with van der Waals surface area (Å²) in [6, 6.07) is 9.46. The molecule has 0 aromatic heterocycles. The summed E-state index contributed by atoms with van der Waals surface area (Å²) in [4.78, 5) is 23.4. The van der Waals surface area contributed by atoms with Crippen molar-refractivity contribution in [3.8, 4) is 5.75 Å². The van der Waals surface area contributed by atoms with Gasteiger partial charge < -0.3 is 15.2 Å². The number of aliphatic carboxylic acids is 1.